The monoisotopic (exact) mass is 349 g/mol. The van der Waals surface area contributed by atoms with Gasteiger partial charge in [-0.15, -0.1) is 0 Å². The summed E-state index contributed by atoms with van der Waals surface area (Å²) in [4.78, 5) is 0. The highest BCUT2D eigenvalue weighted by Crippen LogP contribution is 2.34. The van der Waals surface area contributed by atoms with Gasteiger partial charge in [0.2, 0.25) is 0 Å². The van der Waals surface area contributed by atoms with Crippen molar-refractivity contribution < 1.29 is 9.47 Å². The molecular formula is C17H20BrNO2. The van der Waals surface area contributed by atoms with Crippen LogP contribution in [0.4, 0.5) is 0 Å². The number of nitrogens with one attached hydrogen (secondary N) is 1. The van der Waals surface area contributed by atoms with Crippen LogP contribution < -0.4 is 14.8 Å². The van der Waals surface area contributed by atoms with Crippen molar-refractivity contribution in [2.45, 2.75) is 20.1 Å². The maximum Gasteiger partial charge on any atom is 0.162 e. The predicted molar refractivity (Wildman–Crippen MR) is 89.0 cm³/mol. The second kappa shape index (κ2) is 7.48. The summed E-state index contributed by atoms with van der Waals surface area (Å²) >= 11 is 3.57. The van der Waals surface area contributed by atoms with Crippen molar-refractivity contribution in [2.24, 2.45) is 0 Å². The molecule has 0 fully saturated rings. The summed E-state index contributed by atoms with van der Waals surface area (Å²) in [5, 5.41) is 3.13. The SMILES string of the molecule is CNCc1cc(OC)c(OCc2cccc(C)c2)cc1Br. The van der Waals surface area contributed by atoms with Crippen molar-refractivity contribution in [3.8, 4) is 11.5 Å². The van der Waals surface area contributed by atoms with E-state index >= 15 is 0 Å². The fraction of sp³-hybridized carbons (Fsp3) is 0.294. The molecule has 0 saturated heterocycles. The molecule has 21 heavy (non-hydrogen) atoms. The zero-order valence-electron chi connectivity index (χ0n) is 12.6. The van der Waals surface area contributed by atoms with E-state index in [2.05, 4.69) is 46.4 Å². The van der Waals surface area contributed by atoms with Crippen LogP contribution in [0.5, 0.6) is 11.5 Å². The van der Waals surface area contributed by atoms with Crippen LogP contribution in [0.1, 0.15) is 16.7 Å². The molecule has 0 unspecified atom stereocenters. The Labute approximate surface area is 134 Å². The van der Waals surface area contributed by atoms with E-state index in [0.29, 0.717) is 6.61 Å². The zero-order valence-corrected chi connectivity index (χ0v) is 14.2. The fourth-order valence-corrected chi connectivity index (χ4v) is 2.60. The Balaban J connectivity index is 2.17. The van der Waals surface area contributed by atoms with Gasteiger partial charge in [0.15, 0.2) is 11.5 Å². The molecule has 112 valence electrons. The fourth-order valence-electron chi connectivity index (χ4n) is 2.14. The topological polar surface area (TPSA) is 30.5 Å². The molecule has 1 N–H and O–H groups in total. The number of hydrogen-bond donors (Lipinski definition) is 1. The molecule has 0 aliphatic heterocycles. The average molecular weight is 350 g/mol. The van der Waals surface area contributed by atoms with E-state index in [4.69, 9.17) is 9.47 Å². The van der Waals surface area contributed by atoms with E-state index in [1.807, 2.05) is 25.2 Å². The number of halogens is 1. The van der Waals surface area contributed by atoms with Gasteiger partial charge in [0, 0.05) is 11.0 Å². The minimum atomic E-state index is 0.524. The summed E-state index contributed by atoms with van der Waals surface area (Å²) in [6.07, 6.45) is 0. The molecule has 0 amide bonds. The lowest BCUT2D eigenvalue weighted by Crippen LogP contribution is -2.06. The Hall–Kier alpha value is -1.52. The Kier molecular flexibility index (Phi) is 5.65. The average Bonchev–Trinajstić information content (AvgIpc) is 2.47. The second-order valence-electron chi connectivity index (χ2n) is 4.90. The Morgan fingerprint density at radius 3 is 2.62 bits per heavy atom. The Bertz CT molecular complexity index is 614. The van der Waals surface area contributed by atoms with E-state index in [9.17, 15) is 0 Å². The molecule has 0 radical (unpaired) electrons. The molecule has 0 heterocycles. The Morgan fingerprint density at radius 2 is 1.95 bits per heavy atom. The zero-order chi connectivity index (χ0) is 15.2. The van der Waals surface area contributed by atoms with Crippen molar-refractivity contribution in [2.75, 3.05) is 14.2 Å². The first-order chi connectivity index (χ1) is 10.1. The maximum atomic E-state index is 5.91. The molecule has 0 saturated carbocycles. The van der Waals surface area contributed by atoms with Gasteiger partial charge in [-0.25, -0.2) is 0 Å². The van der Waals surface area contributed by atoms with Crippen LogP contribution in [0.3, 0.4) is 0 Å². The van der Waals surface area contributed by atoms with Gasteiger partial charge in [-0.1, -0.05) is 45.8 Å². The quantitative estimate of drug-likeness (QED) is 0.852. The number of ether oxygens (including phenoxy) is 2. The molecule has 0 aliphatic rings. The summed E-state index contributed by atoms with van der Waals surface area (Å²) in [5.41, 5.74) is 3.51. The standard InChI is InChI=1S/C17H20BrNO2/c1-12-5-4-6-13(7-12)11-21-17-9-15(18)14(10-19-2)8-16(17)20-3/h4-9,19H,10-11H2,1-3H3. The van der Waals surface area contributed by atoms with E-state index in [1.54, 1.807) is 7.11 Å². The van der Waals surface area contributed by atoms with Crippen molar-refractivity contribution in [3.05, 3.63) is 57.6 Å². The molecule has 0 spiro atoms. The highest BCUT2D eigenvalue weighted by atomic mass is 79.9. The van der Waals surface area contributed by atoms with Gasteiger partial charge >= 0.3 is 0 Å². The first-order valence-corrected chi connectivity index (χ1v) is 7.62. The predicted octanol–water partition coefficient (Wildman–Crippen LogP) is 4.06. The van der Waals surface area contributed by atoms with Gasteiger partial charge in [0.1, 0.15) is 6.61 Å². The number of aryl methyl sites for hydroxylation is 1. The van der Waals surface area contributed by atoms with Crippen molar-refractivity contribution >= 4 is 15.9 Å². The highest BCUT2D eigenvalue weighted by Gasteiger charge is 2.10. The van der Waals surface area contributed by atoms with Gasteiger partial charge in [-0.05, 0) is 37.2 Å². The first kappa shape index (κ1) is 15.9. The van der Waals surface area contributed by atoms with Crippen LogP contribution in [0, 0.1) is 6.92 Å². The summed E-state index contributed by atoms with van der Waals surface area (Å²) < 4.78 is 12.3. The molecule has 0 aromatic heterocycles. The number of hydrogen-bond acceptors (Lipinski definition) is 3. The number of rotatable bonds is 6. The minimum Gasteiger partial charge on any atom is -0.493 e. The number of benzene rings is 2. The van der Waals surface area contributed by atoms with Gasteiger partial charge < -0.3 is 14.8 Å². The van der Waals surface area contributed by atoms with Crippen LogP contribution in [0.2, 0.25) is 0 Å². The van der Waals surface area contributed by atoms with E-state index < -0.39 is 0 Å². The van der Waals surface area contributed by atoms with Gasteiger partial charge in [0.05, 0.1) is 7.11 Å². The molecule has 2 aromatic carbocycles. The van der Waals surface area contributed by atoms with Gasteiger partial charge in [-0.3, -0.25) is 0 Å². The van der Waals surface area contributed by atoms with E-state index in [1.165, 1.54) is 5.56 Å². The largest absolute Gasteiger partial charge is 0.493 e. The van der Waals surface area contributed by atoms with Crippen LogP contribution in [-0.2, 0) is 13.2 Å². The van der Waals surface area contributed by atoms with Crippen molar-refractivity contribution in [1.29, 1.82) is 0 Å². The molecule has 4 heteroatoms. The maximum absolute atomic E-state index is 5.91. The Morgan fingerprint density at radius 1 is 1.14 bits per heavy atom. The third-order valence-corrected chi connectivity index (χ3v) is 3.91. The smallest absolute Gasteiger partial charge is 0.162 e. The van der Waals surface area contributed by atoms with Crippen LogP contribution >= 0.6 is 15.9 Å². The van der Waals surface area contributed by atoms with E-state index in [0.717, 1.165) is 33.6 Å². The lowest BCUT2D eigenvalue weighted by atomic mass is 10.1. The molecule has 0 aliphatic carbocycles. The normalized spacial score (nSPS) is 10.5. The van der Waals surface area contributed by atoms with Crippen molar-refractivity contribution in [1.82, 2.24) is 5.32 Å². The molecule has 2 aromatic rings. The molecule has 2 rings (SSSR count). The summed E-state index contributed by atoms with van der Waals surface area (Å²) in [7, 11) is 3.58. The summed E-state index contributed by atoms with van der Waals surface area (Å²) in [5.74, 6) is 1.49. The van der Waals surface area contributed by atoms with Crippen molar-refractivity contribution in [3.63, 3.8) is 0 Å². The lowest BCUT2D eigenvalue weighted by molar-refractivity contribution is 0.284. The lowest BCUT2D eigenvalue weighted by Gasteiger charge is -2.14. The van der Waals surface area contributed by atoms with Crippen LogP contribution in [-0.4, -0.2) is 14.2 Å². The molecular weight excluding hydrogens is 330 g/mol. The first-order valence-electron chi connectivity index (χ1n) is 6.83. The van der Waals surface area contributed by atoms with Gasteiger partial charge in [0.25, 0.3) is 0 Å². The van der Waals surface area contributed by atoms with Crippen LogP contribution in [0.25, 0.3) is 0 Å². The third-order valence-electron chi connectivity index (χ3n) is 3.18. The minimum absolute atomic E-state index is 0.524. The molecule has 3 nitrogen and oxygen atoms in total. The number of methoxy groups -OCH3 is 1. The summed E-state index contributed by atoms with van der Waals surface area (Å²) in [6.45, 7) is 3.37. The van der Waals surface area contributed by atoms with Crippen LogP contribution in [0.15, 0.2) is 40.9 Å². The highest BCUT2D eigenvalue weighted by molar-refractivity contribution is 9.10. The van der Waals surface area contributed by atoms with Gasteiger partial charge in [-0.2, -0.15) is 0 Å². The molecule has 0 atom stereocenters. The van der Waals surface area contributed by atoms with E-state index in [-0.39, 0.29) is 0 Å². The summed E-state index contributed by atoms with van der Waals surface area (Å²) in [6, 6.07) is 12.2. The molecule has 0 bridgehead atoms. The second-order valence-corrected chi connectivity index (χ2v) is 5.76. The third kappa shape index (κ3) is 4.22.